The van der Waals surface area contributed by atoms with Gasteiger partial charge in [0, 0.05) is 31.5 Å². The molecule has 0 spiro atoms. The quantitative estimate of drug-likeness (QED) is 0.667. The van der Waals surface area contributed by atoms with Crippen molar-refractivity contribution in [2.45, 2.75) is 31.5 Å². The number of carbonyl (C=O) groups is 1. The minimum Gasteiger partial charge on any atom is -0.385 e. The fourth-order valence-electron chi connectivity index (χ4n) is 1.87. The van der Waals surface area contributed by atoms with Crippen LogP contribution in [0.25, 0.3) is 0 Å². The predicted molar refractivity (Wildman–Crippen MR) is 60.3 cm³/mol. The van der Waals surface area contributed by atoms with Crippen molar-refractivity contribution in [3.63, 3.8) is 0 Å². The lowest BCUT2D eigenvalue weighted by atomic mass is 9.97. The van der Waals surface area contributed by atoms with Crippen LogP contribution in [-0.2, 0) is 16.0 Å². The molecule has 2 heterocycles. The maximum atomic E-state index is 11.6. The first-order valence-corrected chi connectivity index (χ1v) is 5.69. The average Bonchev–Trinajstić information content (AvgIpc) is 2.89. The third-order valence-electron chi connectivity index (χ3n) is 3.16. The molecule has 2 rings (SSSR count). The minimum absolute atomic E-state index is 0.137. The normalized spacial score (nSPS) is 28.2. The number of carbonyl (C=O) groups excluding carboxylic acids is 1. The molecule has 0 aromatic carbocycles. The summed E-state index contributed by atoms with van der Waals surface area (Å²) in [5, 5.41) is 19.4. The summed E-state index contributed by atoms with van der Waals surface area (Å²) in [4.78, 5) is 11.6. The zero-order chi connectivity index (χ0) is 12.3. The zero-order valence-electron chi connectivity index (χ0n) is 9.77. The molecule has 2 unspecified atom stereocenters. The molecule has 1 amide bonds. The summed E-state index contributed by atoms with van der Waals surface area (Å²) in [6, 6.07) is 1.75. The third kappa shape index (κ3) is 2.83. The van der Waals surface area contributed by atoms with Gasteiger partial charge in [0.05, 0.1) is 12.5 Å². The highest BCUT2D eigenvalue weighted by Crippen LogP contribution is 2.24. The standard InChI is InChI=1S/C11H17N3O3/c1-8-11(16,3-5-17-8)7-12-10(15)6-9-2-4-13-14-9/h2,4,8,16H,3,5-7H2,1H3,(H,12,15)(H,13,14). The number of amides is 1. The fourth-order valence-corrected chi connectivity index (χ4v) is 1.87. The van der Waals surface area contributed by atoms with E-state index < -0.39 is 5.60 Å². The Morgan fingerprint density at radius 3 is 3.24 bits per heavy atom. The lowest BCUT2D eigenvalue weighted by Gasteiger charge is -2.26. The first-order chi connectivity index (χ1) is 8.10. The Balaban J connectivity index is 1.80. The van der Waals surface area contributed by atoms with Crippen molar-refractivity contribution in [2.24, 2.45) is 0 Å². The molecule has 1 saturated heterocycles. The van der Waals surface area contributed by atoms with Crippen molar-refractivity contribution in [1.29, 1.82) is 0 Å². The molecule has 0 bridgehead atoms. The molecule has 1 fully saturated rings. The van der Waals surface area contributed by atoms with Crippen LogP contribution in [0.15, 0.2) is 12.3 Å². The second kappa shape index (κ2) is 4.85. The second-order valence-electron chi connectivity index (χ2n) is 4.40. The van der Waals surface area contributed by atoms with E-state index in [0.29, 0.717) is 13.0 Å². The lowest BCUT2D eigenvalue weighted by molar-refractivity contribution is -0.122. The number of hydrogen-bond acceptors (Lipinski definition) is 4. The van der Waals surface area contributed by atoms with Gasteiger partial charge in [-0.05, 0) is 13.0 Å². The van der Waals surface area contributed by atoms with Gasteiger partial charge in [0.25, 0.3) is 0 Å². The largest absolute Gasteiger partial charge is 0.385 e. The van der Waals surface area contributed by atoms with E-state index in [2.05, 4.69) is 15.5 Å². The van der Waals surface area contributed by atoms with Crippen molar-refractivity contribution in [1.82, 2.24) is 15.5 Å². The molecule has 6 heteroatoms. The van der Waals surface area contributed by atoms with Gasteiger partial charge < -0.3 is 15.2 Å². The molecule has 94 valence electrons. The Bertz CT molecular complexity index is 379. The van der Waals surface area contributed by atoms with Crippen LogP contribution in [0.1, 0.15) is 19.0 Å². The molecule has 0 saturated carbocycles. The van der Waals surface area contributed by atoms with E-state index in [1.807, 2.05) is 6.92 Å². The number of nitrogens with zero attached hydrogens (tertiary/aromatic N) is 1. The Labute approximate surface area is 99.4 Å². The van der Waals surface area contributed by atoms with E-state index >= 15 is 0 Å². The number of aromatic nitrogens is 2. The molecule has 3 N–H and O–H groups in total. The number of aromatic amines is 1. The third-order valence-corrected chi connectivity index (χ3v) is 3.16. The summed E-state index contributed by atoms with van der Waals surface area (Å²) in [5.74, 6) is -0.137. The van der Waals surface area contributed by atoms with E-state index in [0.717, 1.165) is 5.69 Å². The van der Waals surface area contributed by atoms with Gasteiger partial charge in [-0.15, -0.1) is 0 Å². The van der Waals surface area contributed by atoms with Crippen molar-refractivity contribution >= 4 is 5.91 Å². The molecule has 6 nitrogen and oxygen atoms in total. The van der Waals surface area contributed by atoms with Gasteiger partial charge in [-0.3, -0.25) is 9.89 Å². The topological polar surface area (TPSA) is 87.2 Å². The molecule has 1 aliphatic heterocycles. The first kappa shape index (κ1) is 12.1. The second-order valence-corrected chi connectivity index (χ2v) is 4.40. The van der Waals surface area contributed by atoms with Gasteiger partial charge in [-0.2, -0.15) is 5.10 Å². The van der Waals surface area contributed by atoms with E-state index in [4.69, 9.17) is 4.74 Å². The minimum atomic E-state index is -0.941. The molecule has 0 radical (unpaired) electrons. The van der Waals surface area contributed by atoms with E-state index in [-0.39, 0.29) is 25.0 Å². The zero-order valence-corrected chi connectivity index (χ0v) is 9.77. The summed E-state index contributed by atoms with van der Waals surface area (Å²) < 4.78 is 5.29. The van der Waals surface area contributed by atoms with Crippen molar-refractivity contribution in [3.05, 3.63) is 18.0 Å². The Morgan fingerprint density at radius 2 is 2.65 bits per heavy atom. The van der Waals surface area contributed by atoms with Gasteiger partial charge in [0.2, 0.25) is 5.91 Å². The van der Waals surface area contributed by atoms with Crippen LogP contribution in [0.5, 0.6) is 0 Å². The molecule has 1 aromatic rings. The predicted octanol–water partition coefficient (Wildman–Crippen LogP) is -0.392. The average molecular weight is 239 g/mol. The van der Waals surface area contributed by atoms with E-state index in [1.165, 1.54) is 0 Å². The summed E-state index contributed by atoms with van der Waals surface area (Å²) in [7, 11) is 0. The van der Waals surface area contributed by atoms with E-state index in [9.17, 15) is 9.90 Å². The molecule has 1 aromatic heterocycles. The molecule has 0 aliphatic carbocycles. The first-order valence-electron chi connectivity index (χ1n) is 5.69. The van der Waals surface area contributed by atoms with Crippen LogP contribution in [0, 0.1) is 0 Å². The van der Waals surface area contributed by atoms with Crippen LogP contribution in [-0.4, -0.2) is 46.1 Å². The summed E-state index contributed by atoms with van der Waals surface area (Å²) in [6.07, 6.45) is 2.15. The van der Waals surface area contributed by atoms with Crippen LogP contribution in [0.2, 0.25) is 0 Å². The maximum absolute atomic E-state index is 11.6. The fraction of sp³-hybridized carbons (Fsp3) is 0.636. The highest BCUT2D eigenvalue weighted by atomic mass is 16.5. The van der Waals surface area contributed by atoms with Gasteiger partial charge in [0.15, 0.2) is 0 Å². The number of H-pyrrole nitrogens is 1. The molecular formula is C11H17N3O3. The van der Waals surface area contributed by atoms with E-state index in [1.54, 1.807) is 12.3 Å². The summed E-state index contributed by atoms with van der Waals surface area (Å²) in [5.41, 5.74) is -0.186. The number of ether oxygens (including phenoxy) is 1. The van der Waals surface area contributed by atoms with Crippen molar-refractivity contribution in [2.75, 3.05) is 13.2 Å². The monoisotopic (exact) mass is 239 g/mol. The Kier molecular flexibility index (Phi) is 3.44. The lowest BCUT2D eigenvalue weighted by Crippen LogP contribution is -2.47. The summed E-state index contributed by atoms with van der Waals surface area (Å²) in [6.45, 7) is 2.57. The van der Waals surface area contributed by atoms with Crippen LogP contribution < -0.4 is 5.32 Å². The Hall–Kier alpha value is -1.40. The molecular weight excluding hydrogens is 222 g/mol. The van der Waals surface area contributed by atoms with Gasteiger partial charge in [0.1, 0.15) is 5.60 Å². The Morgan fingerprint density at radius 1 is 1.82 bits per heavy atom. The maximum Gasteiger partial charge on any atom is 0.226 e. The van der Waals surface area contributed by atoms with Gasteiger partial charge >= 0.3 is 0 Å². The molecule has 2 atom stereocenters. The highest BCUT2D eigenvalue weighted by molar-refractivity contribution is 5.78. The summed E-state index contributed by atoms with van der Waals surface area (Å²) >= 11 is 0. The van der Waals surface area contributed by atoms with Crippen molar-refractivity contribution in [3.8, 4) is 0 Å². The van der Waals surface area contributed by atoms with Gasteiger partial charge in [-0.1, -0.05) is 0 Å². The smallest absolute Gasteiger partial charge is 0.226 e. The SMILES string of the molecule is CC1OCCC1(O)CNC(=O)Cc1ccn[nH]1. The van der Waals surface area contributed by atoms with Crippen LogP contribution in [0.3, 0.4) is 0 Å². The van der Waals surface area contributed by atoms with Crippen LogP contribution >= 0.6 is 0 Å². The number of hydrogen-bond donors (Lipinski definition) is 3. The van der Waals surface area contributed by atoms with Crippen LogP contribution in [0.4, 0.5) is 0 Å². The molecule has 17 heavy (non-hydrogen) atoms. The molecule has 1 aliphatic rings. The van der Waals surface area contributed by atoms with Crippen molar-refractivity contribution < 1.29 is 14.6 Å². The number of nitrogens with one attached hydrogen (secondary N) is 2. The van der Waals surface area contributed by atoms with Gasteiger partial charge in [-0.25, -0.2) is 0 Å². The highest BCUT2D eigenvalue weighted by Gasteiger charge is 2.39. The number of rotatable bonds is 4. The number of aliphatic hydroxyl groups is 1.